The lowest BCUT2D eigenvalue weighted by Crippen LogP contribution is -1.85. The zero-order chi connectivity index (χ0) is 13.4. The summed E-state index contributed by atoms with van der Waals surface area (Å²) in [4.78, 5) is 0. The number of hydrogen-bond donors (Lipinski definition) is 2. The molecule has 0 spiro atoms. The monoisotopic (exact) mass is 370 g/mol. The van der Waals surface area contributed by atoms with Crippen molar-refractivity contribution in [2.24, 2.45) is 0 Å². The molecule has 0 aliphatic rings. The van der Waals surface area contributed by atoms with Gasteiger partial charge in [-0.2, -0.15) is 0 Å². The van der Waals surface area contributed by atoms with Gasteiger partial charge in [0.15, 0.2) is 0 Å². The van der Waals surface area contributed by atoms with E-state index in [0.717, 1.165) is 22.3 Å². The van der Waals surface area contributed by atoms with E-state index in [2.05, 4.69) is 31.9 Å². The predicted octanol–water partition coefficient (Wildman–Crippen LogP) is 4.91. The van der Waals surface area contributed by atoms with Crippen LogP contribution in [-0.4, -0.2) is 10.2 Å². The molecule has 0 unspecified atom stereocenters. The second kappa shape index (κ2) is 4.94. The molecule has 0 amide bonds. The van der Waals surface area contributed by atoms with E-state index in [1.54, 1.807) is 0 Å². The molecule has 2 rings (SSSR count). The lowest BCUT2D eigenvalue weighted by atomic mass is 10.0. The average molecular weight is 372 g/mol. The Balaban J connectivity index is 2.63. The van der Waals surface area contributed by atoms with Gasteiger partial charge in [-0.05, 0) is 92.2 Å². The Morgan fingerprint density at radius 3 is 1.33 bits per heavy atom. The highest BCUT2D eigenvalue weighted by Crippen LogP contribution is 2.37. The summed E-state index contributed by atoms with van der Waals surface area (Å²) in [7, 11) is 0. The molecule has 0 aliphatic carbocycles. The van der Waals surface area contributed by atoms with Crippen molar-refractivity contribution in [1.29, 1.82) is 0 Å². The highest BCUT2D eigenvalue weighted by molar-refractivity contribution is 9.11. The third kappa shape index (κ3) is 2.40. The summed E-state index contributed by atoms with van der Waals surface area (Å²) in [5, 5.41) is 19.5. The Labute approximate surface area is 123 Å². The number of aromatic hydroxyl groups is 2. The van der Waals surface area contributed by atoms with Crippen molar-refractivity contribution >= 4 is 31.9 Å². The maximum absolute atomic E-state index is 9.73. The maximum Gasteiger partial charge on any atom is 0.132 e. The first-order chi connectivity index (χ1) is 8.40. The van der Waals surface area contributed by atoms with Gasteiger partial charge in [-0.1, -0.05) is 0 Å². The van der Waals surface area contributed by atoms with Crippen molar-refractivity contribution in [1.82, 2.24) is 0 Å². The molecular weight excluding hydrogens is 360 g/mol. The Bertz CT molecular complexity index is 520. The Hall–Kier alpha value is -1.00. The fourth-order valence-electron chi connectivity index (χ4n) is 1.81. The van der Waals surface area contributed by atoms with Gasteiger partial charge in [-0.15, -0.1) is 0 Å². The van der Waals surface area contributed by atoms with Gasteiger partial charge in [0.05, 0.1) is 8.95 Å². The van der Waals surface area contributed by atoms with Crippen molar-refractivity contribution in [2.75, 3.05) is 0 Å². The average Bonchev–Trinajstić information content (AvgIpc) is 2.31. The molecule has 0 saturated carbocycles. The first-order valence-corrected chi connectivity index (χ1v) is 6.97. The second-order valence-electron chi connectivity index (χ2n) is 4.25. The van der Waals surface area contributed by atoms with Gasteiger partial charge >= 0.3 is 0 Å². The SMILES string of the molecule is Cc1cc(-c2cc(C)c(O)c(Br)c2)cc(Br)c1O. The topological polar surface area (TPSA) is 40.5 Å². The minimum absolute atomic E-state index is 0.258. The predicted molar refractivity (Wildman–Crippen MR) is 80.1 cm³/mol. The molecule has 18 heavy (non-hydrogen) atoms. The fraction of sp³-hybridized carbons (Fsp3) is 0.143. The van der Waals surface area contributed by atoms with Crippen LogP contribution in [0.15, 0.2) is 33.2 Å². The van der Waals surface area contributed by atoms with Crippen LogP contribution in [0.25, 0.3) is 11.1 Å². The molecule has 0 atom stereocenters. The minimum atomic E-state index is 0.258. The zero-order valence-electron chi connectivity index (χ0n) is 9.96. The van der Waals surface area contributed by atoms with Gasteiger partial charge in [0.2, 0.25) is 0 Å². The first-order valence-electron chi connectivity index (χ1n) is 5.38. The summed E-state index contributed by atoms with van der Waals surface area (Å²) >= 11 is 6.67. The fourth-order valence-corrected chi connectivity index (χ4v) is 2.93. The van der Waals surface area contributed by atoms with Gasteiger partial charge < -0.3 is 10.2 Å². The number of phenols is 2. The smallest absolute Gasteiger partial charge is 0.132 e. The van der Waals surface area contributed by atoms with Crippen LogP contribution in [0.5, 0.6) is 11.5 Å². The van der Waals surface area contributed by atoms with Crippen molar-refractivity contribution < 1.29 is 10.2 Å². The molecule has 0 radical (unpaired) electrons. The number of hydrogen-bond acceptors (Lipinski definition) is 2. The van der Waals surface area contributed by atoms with Crippen LogP contribution in [0.2, 0.25) is 0 Å². The van der Waals surface area contributed by atoms with Crippen LogP contribution < -0.4 is 0 Å². The number of phenolic OH excluding ortho intramolecular Hbond substituents is 2. The zero-order valence-corrected chi connectivity index (χ0v) is 13.1. The van der Waals surface area contributed by atoms with E-state index in [4.69, 9.17) is 0 Å². The van der Waals surface area contributed by atoms with Gasteiger partial charge in [-0.25, -0.2) is 0 Å². The number of benzene rings is 2. The van der Waals surface area contributed by atoms with E-state index in [1.807, 2.05) is 38.1 Å². The van der Waals surface area contributed by atoms with Crippen LogP contribution in [0, 0.1) is 13.8 Å². The molecule has 0 fully saturated rings. The summed E-state index contributed by atoms with van der Waals surface area (Å²) < 4.78 is 1.33. The third-order valence-electron chi connectivity index (χ3n) is 2.84. The highest BCUT2D eigenvalue weighted by atomic mass is 79.9. The second-order valence-corrected chi connectivity index (χ2v) is 5.96. The van der Waals surface area contributed by atoms with Crippen LogP contribution in [-0.2, 0) is 0 Å². The Kier molecular flexibility index (Phi) is 3.69. The molecule has 2 nitrogen and oxygen atoms in total. The molecule has 0 aromatic heterocycles. The molecule has 94 valence electrons. The van der Waals surface area contributed by atoms with Gasteiger partial charge in [0, 0.05) is 0 Å². The molecular formula is C14H12Br2O2. The normalized spacial score (nSPS) is 10.7. The molecule has 2 N–H and O–H groups in total. The summed E-state index contributed by atoms with van der Waals surface area (Å²) in [6.07, 6.45) is 0. The van der Waals surface area contributed by atoms with Crippen molar-refractivity contribution in [2.45, 2.75) is 13.8 Å². The number of halogens is 2. The van der Waals surface area contributed by atoms with E-state index in [9.17, 15) is 10.2 Å². The molecule has 2 aromatic carbocycles. The molecule has 0 aliphatic heterocycles. The van der Waals surface area contributed by atoms with Crippen molar-refractivity contribution in [3.8, 4) is 22.6 Å². The summed E-state index contributed by atoms with van der Waals surface area (Å²) in [5.41, 5.74) is 3.59. The summed E-state index contributed by atoms with van der Waals surface area (Å²) in [6.45, 7) is 3.71. The molecule has 0 bridgehead atoms. The van der Waals surface area contributed by atoms with Gasteiger partial charge in [0.1, 0.15) is 11.5 Å². The number of aryl methyl sites for hydroxylation is 2. The van der Waals surface area contributed by atoms with E-state index in [-0.39, 0.29) is 11.5 Å². The van der Waals surface area contributed by atoms with E-state index in [0.29, 0.717) is 8.95 Å². The van der Waals surface area contributed by atoms with Crippen LogP contribution in [0.1, 0.15) is 11.1 Å². The molecule has 0 saturated heterocycles. The molecule has 0 heterocycles. The lowest BCUT2D eigenvalue weighted by Gasteiger charge is -2.10. The van der Waals surface area contributed by atoms with Gasteiger partial charge in [-0.3, -0.25) is 0 Å². The number of rotatable bonds is 1. The Morgan fingerprint density at radius 1 is 0.722 bits per heavy atom. The molecule has 2 aromatic rings. The van der Waals surface area contributed by atoms with Crippen LogP contribution in [0.4, 0.5) is 0 Å². The van der Waals surface area contributed by atoms with Gasteiger partial charge in [0.25, 0.3) is 0 Å². The largest absolute Gasteiger partial charge is 0.506 e. The Morgan fingerprint density at radius 2 is 1.06 bits per heavy atom. The van der Waals surface area contributed by atoms with Crippen molar-refractivity contribution in [3.05, 3.63) is 44.3 Å². The summed E-state index contributed by atoms with van der Waals surface area (Å²) in [6, 6.07) is 7.55. The van der Waals surface area contributed by atoms with Crippen LogP contribution in [0.3, 0.4) is 0 Å². The van der Waals surface area contributed by atoms with E-state index < -0.39 is 0 Å². The van der Waals surface area contributed by atoms with Crippen LogP contribution >= 0.6 is 31.9 Å². The third-order valence-corrected chi connectivity index (χ3v) is 4.05. The first kappa shape index (κ1) is 13.4. The van der Waals surface area contributed by atoms with E-state index >= 15 is 0 Å². The van der Waals surface area contributed by atoms with E-state index in [1.165, 1.54) is 0 Å². The lowest BCUT2D eigenvalue weighted by molar-refractivity contribution is 0.467. The summed E-state index contributed by atoms with van der Waals surface area (Å²) in [5.74, 6) is 0.515. The van der Waals surface area contributed by atoms with Crippen molar-refractivity contribution in [3.63, 3.8) is 0 Å². The maximum atomic E-state index is 9.73. The molecule has 4 heteroatoms. The minimum Gasteiger partial charge on any atom is -0.506 e. The standard InChI is InChI=1S/C14H12Br2O2/c1-7-3-9(5-11(15)13(7)17)10-4-8(2)14(18)12(16)6-10/h3-6,17-18H,1-2H3. The highest BCUT2D eigenvalue weighted by Gasteiger charge is 2.09. The quantitative estimate of drug-likeness (QED) is 0.747.